The summed E-state index contributed by atoms with van der Waals surface area (Å²) in [5.74, 6) is 0.475. The summed E-state index contributed by atoms with van der Waals surface area (Å²) in [6, 6.07) is 8.65. The van der Waals surface area contributed by atoms with E-state index in [-0.39, 0.29) is 5.82 Å². The van der Waals surface area contributed by atoms with E-state index < -0.39 is 0 Å². The Kier molecular flexibility index (Phi) is 4.47. The molecule has 1 aromatic carbocycles. The van der Waals surface area contributed by atoms with Crippen LogP contribution in [0.3, 0.4) is 0 Å². The second kappa shape index (κ2) is 6.29. The average molecular weight is 260 g/mol. The monoisotopic (exact) mass is 260 g/mol. The number of methoxy groups -OCH3 is 1. The molecule has 0 amide bonds. The van der Waals surface area contributed by atoms with Crippen LogP contribution in [0.25, 0.3) is 11.3 Å². The molecule has 19 heavy (non-hydrogen) atoms. The maximum atomic E-state index is 13.7. The normalized spacial score (nSPS) is 10.5. The smallest absolute Gasteiger partial charge is 0.145 e. The molecule has 0 saturated carbocycles. The minimum Gasteiger partial charge on any atom is -0.494 e. The lowest BCUT2D eigenvalue weighted by molar-refractivity contribution is 0.415. The first-order valence-electron chi connectivity index (χ1n) is 6.24. The Morgan fingerprint density at radius 1 is 1.32 bits per heavy atom. The summed E-state index contributed by atoms with van der Waals surface area (Å²) in [4.78, 5) is 4.30. The van der Waals surface area contributed by atoms with Crippen LogP contribution in [0, 0.1) is 5.82 Å². The van der Waals surface area contributed by atoms with E-state index in [0.29, 0.717) is 17.9 Å². The fourth-order valence-electron chi connectivity index (χ4n) is 1.89. The third-order valence-corrected chi connectivity index (χ3v) is 2.88. The van der Waals surface area contributed by atoms with Gasteiger partial charge in [-0.2, -0.15) is 0 Å². The van der Waals surface area contributed by atoms with E-state index in [0.717, 1.165) is 17.8 Å². The Bertz CT molecular complexity index is 558. The lowest BCUT2D eigenvalue weighted by atomic mass is 10.1. The summed E-state index contributed by atoms with van der Waals surface area (Å²) in [5, 5.41) is 3.12. The molecule has 1 heterocycles. The Hall–Kier alpha value is -1.94. The van der Waals surface area contributed by atoms with Crippen LogP contribution in [0.5, 0.6) is 5.75 Å². The van der Waals surface area contributed by atoms with Crippen LogP contribution in [0.15, 0.2) is 36.5 Å². The summed E-state index contributed by atoms with van der Waals surface area (Å²) in [5.41, 5.74) is 2.21. The number of rotatable bonds is 5. The highest BCUT2D eigenvalue weighted by atomic mass is 19.1. The van der Waals surface area contributed by atoms with Gasteiger partial charge in [0.2, 0.25) is 0 Å². The predicted molar refractivity (Wildman–Crippen MR) is 73.6 cm³/mol. The topological polar surface area (TPSA) is 34.2 Å². The van der Waals surface area contributed by atoms with Gasteiger partial charge in [-0.1, -0.05) is 6.92 Å². The van der Waals surface area contributed by atoms with E-state index in [1.807, 2.05) is 25.1 Å². The maximum Gasteiger partial charge on any atom is 0.145 e. The molecular formula is C15H17FN2O. The number of nitrogens with zero attached hydrogens (tertiary/aromatic N) is 1. The summed E-state index contributed by atoms with van der Waals surface area (Å²) in [6.45, 7) is 3.30. The molecule has 2 aromatic rings. The van der Waals surface area contributed by atoms with E-state index in [4.69, 9.17) is 4.74 Å². The predicted octanol–water partition coefficient (Wildman–Crippen LogP) is 3.01. The molecule has 0 atom stereocenters. The summed E-state index contributed by atoms with van der Waals surface area (Å²) in [7, 11) is 1.60. The fourth-order valence-corrected chi connectivity index (χ4v) is 1.89. The molecule has 100 valence electrons. The Balaban J connectivity index is 2.39. The van der Waals surface area contributed by atoms with Gasteiger partial charge in [-0.15, -0.1) is 0 Å². The number of benzene rings is 1. The molecule has 0 unspecified atom stereocenters. The molecule has 3 nitrogen and oxygen atoms in total. The van der Waals surface area contributed by atoms with Crippen LogP contribution in [0.2, 0.25) is 0 Å². The van der Waals surface area contributed by atoms with Crippen molar-refractivity contribution in [3.05, 3.63) is 47.9 Å². The Morgan fingerprint density at radius 2 is 2.16 bits per heavy atom. The zero-order valence-corrected chi connectivity index (χ0v) is 11.1. The van der Waals surface area contributed by atoms with Crippen LogP contribution in [-0.4, -0.2) is 18.6 Å². The van der Waals surface area contributed by atoms with Crippen molar-refractivity contribution in [3.8, 4) is 17.0 Å². The molecule has 0 saturated heterocycles. The van der Waals surface area contributed by atoms with Crippen molar-refractivity contribution in [2.45, 2.75) is 13.5 Å². The number of aromatic nitrogens is 1. The maximum absolute atomic E-state index is 13.7. The van der Waals surface area contributed by atoms with Crippen molar-refractivity contribution in [2.75, 3.05) is 13.7 Å². The lowest BCUT2D eigenvalue weighted by Crippen LogP contribution is -2.13. The Labute approximate surface area is 112 Å². The van der Waals surface area contributed by atoms with E-state index in [9.17, 15) is 4.39 Å². The summed E-state index contributed by atoms with van der Waals surface area (Å²) < 4.78 is 19.0. The van der Waals surface area contributed by atoms with E-state index in [2.05, 4.69) is 10.3 Å². The molecule has 0 aliphatic rings. The van der Waals surface area contributed by atoms with Crippen molar-refractivity contribution in [1.29, 1.82) is 0 Å². The standard InChI is InChI=1S/C15H17FN2O/c1-3-17-10-12-9-11(6-7-13(12)16)15-14(19-2)5-4-8-18-15/h4-9,17H,3,10H2,1-2H3. The highest BCUT2D eigenvalue weighted by molar-refractivity contribution is 5.66. The van der Waals surface area contributed by atoms with Crippen molar-refractivity contribution in [2.24, 2.45) is 0 Å². The second-order valence-corrected chi connectivity index (χ2v) is 4.14. The van der Waals surface area contributed by atoms with Gasteiger partial charge in [0.05, 0.1) is 7.11 Å². The number of halogens is 1. The summed E-state index contributed by atoms with van der Waals surface area (Å²) in [6.07, 6.45) is 1.70. The van der Waals surface area contributed by atoms with Gasteiger partial charge in [-0.3, -0.25) is 4.98 Å². The van der Waals surface area contributed by atoms with Crippen LogP contribution >= 0.6 is 0 Å². The number of hydrogen-bond acceptors (Lipinski definition) is 3. The van der Waals surface area contributed by atoms with Gasteiger partial charge in [0.15, 0.2) is 0 Å². The highest BCUT2D eigenvalue weighted by Gasteiger charge is 2.09. The van der Waals surface area contributed by atoms with Gasteiger partial charge in [0.25, 0.3) is 0 Å². The third-order valence-electron chi connectivity index (χ3n) is 2.88. The van der Waals surface area contributed by atoms with E-state index >= 15 is 0 Å². The first-order valence-corrected chi connectivity index (χ1v) is 6.24. The van der Waals surface area contributed by atoms with Crippen molar-refractivity contribution in [1.82, 2.24) is 10.3 Å². The van der Waals surface area contributed by atoms with Crippen molar-refractivity contribution < 1.29 is 9.13 Å². The average Bonchev–Trinajstić information content (AvgIpc) is 2.46. The molecule has 1 aromatic heterocycles. The molecule has 2 rings (SSSR count). The first kappa shape index (κ1) is 13.5. The molecule has 1 N–H and O–H groups in total. The number of hydrogen-bond donors (Lipinski definition) is 1. The fraction of sp³-hybridized carbons (Fsp3) is 0.267. The second-order valence-electron chi connectivity index (χ2n) is 4.14. The SMILES string of the molecule is CCNCc1cc(-c2ncccc2OC)ccc1F. The first-order chi connectivity index (χ1) is 9.26. The zero-order valence-electron chi connectivity index (χ0n) is 11.1. The van der Waals surface area contributed by atoms with Gasteiger partial charge in [0, 0.05) is 23.9 Å². The van der Waals surface area contributed by atoms with E-state index in [1.165, 1.54) is 6.07 Å². The van der Waals surface area contributed by atoms with Crippen LogP contribution in [0.1, 0.15) is 12.5 Å². The van der Waals surface area contributed by atoms with Gasteiger partial charge in [-0.05, 0) is 36.9 Å². The molecule has 0 aliphatic heterocycles. The molecule has 0 bridgehead atoms. The zero-order chi connectivity index (χ0) is 13.7. The minimum absolute atomic E-state index is 0.209. The number of nitrogens with one attached hydrogen (secondary N) is 1. The molecule has 0 radical (unpaired) electrons. The van der Waals surface area contributed by atoms with Crippen LogP contribution in [-0.2, 0) is 6.54 Å². The molecule has 0 aliphatic carbocycles. The van der Waals surface area contributed by atoms with Gasteiger partial charge in [0.1, 0.15) is 17.3 Å². The van der Waals surface area contributed by atoms with E-state index in [1.54, 1.807) is 19.4 Å². The largest absolute Gasteiger partial charge is 0.494 e. The van der Waals surface area contributed by atoms with Crippen molar-refractivity contribution in [3.63, 3.8) is 0 Å². The molecule has 4 heteroatoms. The third kappa shape index (κ3) is 3.09. The molecule has 0 fully saturated rings. The van der Waals surface area contributed by atoms with Crippen LogP contribution < -0.4 is 10.1 Å². The minimum atomic E-state index is -0.209. The van der Waals surface area contributed by atoms with Gasteiger partial charge in [-0.25, -0.2) is 4.39 Å². The van der Waals surface area contributed by atoms with Gasteiger partial charge < -0.3 is 10.1 Å². The quantitative estimate of drug-likeness (QED) is 0.897. The summed E-state index contributed by atoms with van der Waals surface area (Å²) >= 11 is 0. The highest BCUT2D eigenvalue weighted by Crippen LogP contribution is 2.28. The molecular weight excluding hydrogens is 243 g/mol. The Morgan fingerprint density at radius 3 is 2.89 bits per heavy atom. The number of ether oxygens (including phenoxy) is 1. The lowest BCUT2D eigenvalue weighted by Gasteiger charge is -2.10. The van der Waals surface area contributed by atoms with Crippen LogP contribution in [0.4, 0.5) is 4.39 Å². The number of pyridine rings is 1. The van der Waals surface area contributed by atoms with Crippen molar-refractivity contribution >= 4 is 0 Å². The molecule has 0 spiro atoms. The van der Waals surface area contributed by atoms with Gasteiger partial charge >= 0.3 is 0 Å².